The van der Waals surface area contributed by atoms with Gasteiger partial charge in [0.05, 0.1) is 0 Å². The standard InChI is InChI=1S/C4H5F3N4S/c1-10-3(12)11(8)2(9-10)4(5,6)7/h8H2,1H3. The SMILES string of the molecule is Cn1nc(C(F)(F)F)n(N)c1=S. The summed E-state index contributed by atoms with van der Waals surface area (Å²) in [4.78, 5) is 0. The predicted octanol–water partition coefficient (Wildman–Crippen LogP) is 0.684. The Labute approximate surface area is 70.4 Å². The Morgan fingerprint density at radius 1 is 1.50 bits per heavy atom. The third-order valence-electron chi connectivity index (χ3n) is 1.21. The van der Waals surface area contributed by atoms with E-state index in [0.29, 0.717) is 4.68 Å². The van der Waals surface area contributed by atoms with Crippen LogP contribution in [-0.4, -0.2) is 14.5 Å². The maximum atomic E-state index is 12.0. The maximum Gasteiger partial charge on any atom is 0.453 e. The fraction of sp³-hybridized carbons (Fsp3) is 0.500. The van der Waals surface area contributed by atoms with E-state index in [0.717, 1.165) is 4.68 Å². The van der Waals surface area contributed by atoms with Gasteiger partial charge in [-0.15, -0.1) is 5.10 Å². The van der Waals surface area contributed by atoms with E-state index in [1.807, 2.05) is 0 Å². The van der Waals surface area contributed by atoms with Crippen LogP contribution in [0.25, 0.3) is 0 Å². The van der Waals surface area contributed by atoms with Crippen molar-refractivity contribution >= 4 is 12.2 Å². The van der Waals surface area contributed by atoms with Crippen molar-refractivity contribution in [2.75, 3.05) is 5.84 Å². The molecule has 1 rings (SSSR count). The van der Waals surface area contributed by atoms with Crippen LogP contribution in [0.3, 0.4) is 0 Å². The Kier molecular flexibility index (Phi) is 1.86. The van der Waals surface area contributed by atoms with Gasteiger partial charge in [-0.3, -0.25) is 0 Å². The number of hydrogen-bond acceptors (Lipinski definition) is 3. The summed E-state index contributed by atoms with van der Waals surface area (Å²) in [6, 6.07) is 0. The van der Waals surface area contributed by atoms with Crippen molar-refractivity contribution in [1.29, 1.82) is 0 Å². The van der Waals surface area contributed by atoms with Crippen LogP contribution in [0, 0.1) is 4.77 Å². The van der Waals surface area contributed by atoms with Crippen LogP contribution in [0.15, 0.2) is 0 Å². The molecule has 0 aliphatic rings. The molecule has 0 bridgehead atoms. The first-order chi connectivity index (χ1) is 5.34. The van der Waals surface area contributed by atoms with E-state index < -0.39 is 12.0 Å². The van der Waals surface area contributed by atoms with Crippen molar-refractivity contribution in [3.63, 3.8) is 0 Å². The van der Waals surface area contributed by atoms with Gasteiger partial charge in [0.15, 0.2) is 0 Å². The van der Waals surface area contributed by atoms with Crippen LogP contribution in [0.5, 0.6) is 0 Å². The largest absolute Gasteiger partial charge is 0.453 e. The van der Waals surface area contributed by atoms with Crippen LogP contribution < -0.4 is 5.84 Å². The van der Waals surface area contributed by atoms with Crippen molar-refractivity contribution in [3.8, 4) is 0 Å². The van der Waals surface area contributed by atoms with Gasteiger partial charge in [0.25, 0.3) is 5.82 Å². The number of aromatic nitrogens is 3. The number of aryl methyl sites for hydroxylation is 1. The average Bonchev–Trinajstić information content (AvgIpc) is 2.15. The molecule has 12 heavy (non-hydrogen) atoms. The third-order valence-corrected chi connectivity index (χ3v) is 1.67. The van der Waals surface area contributed by atoms with E-state index in [1.54, 1.807) is 0 Å². The fourth-order valence-corrected chi connectivity index (χ4v) is 0.800. The Morgan fingerprint density at radius 3 is 2.17 bits per heavy atom. The van der Waals surface area contributed by atoms with Gasteiger partial charge in [0.1, 0.15) is 0 Å². The molecule has 2 N–H and O–H groups in total. The zero-order valence-electron chi connectivity index (χ0n) is 5.96. The molecule has 68 valence electrons. The minimum absolute atomic E-state index is 0.178. The van der Waals surface area contributed by atoms with Gasteiger partial charge in [-0.05, 0) is 12.2 Å². The number of hydrogen-bond donors (Lipinski definition) is 1. The quantitative estimate of drug-likeness (QED) is 0.492. The highest BCUT2D eigenvalue weighted by molar-refractivity contribution is 7.71. The second-order valence-corrected chi connectivity index (χ2v) is 2.46. The first-order valence-electron chi connectivity index (χ1n) is 2.82. The van der Waals surface area contributed by atoms with E-state index in [-0.39, 0.29) is 4.77 Å². The monoisotopic (exact) mass is 198 g/mol. The normalized spacial score (nSPS) is 12.0. The maximum absolute atomic E-state index is 12.0. The molecule has 1 aromatic heterocycles. The summed E-state index contributed by atoms with van der Waals surface area (Å²) in [5.74, 6) is 3.80. The molecule has 0 radical (unpaired) electrons. The van der Waals surface area contributed by atoms with Gasteiger partial charge >= 0.3 is 6.18 Å². The highest BCUT2D eigenvalue weighted by Crippen LogP contribution is 2.26. The topological polar surface area (TPSA) is 48.8 Å². The van der Waals surface area contributed by atoms with Gasteiger partial charge in [-0.1, -0.05) is 0 Å². The molecule has 0 saturated heterocycles. The lowest BCUT2D eigenvalue weighted by molar-refractivity contribution is -0.146. The molecule has 4 nitrogen and oxygen atoms in total. The number of halogens is 3. The van der Waals surface area contributed by atoms with Gasteiger partial charge in [-0.25, -0.2) is 9.36 Å². The summed E-state index contributed by atoms with van der Waals surface area (Å²) in [6.45, 7) is 0. The average molecular weight is 198 g/mol. The number of nitrogen functional groups attached to an aromatic ring is 1. The first-order valence-corrected chi connectivity index (χ1v) is 3.23. The van der Waals surface area contributed by atoms with Gasteiger partial charge in [0.2, 0.25) is 4.77 Å². The zero-order chi connectivity index (χ0) is 9.52. The lowest BCUT2D eigenvalue weighted by Gasteiger charge is -2.02. The van der Waals surface area contributed by atoms with E-state index in [9.17, 15) is 13.2 Å². The van der Waals surface area contributed by atoms with E-state index >= 15 is 0 Å². The molecule has 0 fully saturated rings. The zero-order valence-corrected chi connectivity index (χ0v) is 6.78. The minimum atomic E-state index is -4.57. The Balaban J connectivity index is 3.38. The molecular formula is C4H5F3N4S. The molecule has 1 heterocycles. The highest BCUT2D eigenvalue weighted by Gasteiger charge is 2.37. The summed E-state index contributed by atoms with van der Waals surface area (Å²) >= 11 is 4.52. The molecule has 0 aliphatic carbocycles. The van der Waals surface area contributed by atoms with E-state index in [1.165, 1.54) is 7.05 Å². The van der Waals surface area contributed by atoms with Crippen LogP contribution in [-0.2, 0) is 13.2 Å². The summed E-state index contributed by atoms with van der Waals surface area (Å²) in [7, 11) is 1.29. The lowest BCUT2D eigenvalue weighted by Crippen LogP contribution is -2.20. The summed E-state index contributed by atoms with van der Waals surface area (Å²) in [6.07, 6.45) is -4.57. The number of rotatable bonds is 0. The lowest BCUT2D eigenvalue weighted by atomic mass is 10.6. The van der Waals surface area contributed by atoms with E-state index in [4.69, 9.17) is 5.84 Å². The molecule has 0 amide bonds. The van der Waals surface area contributed by atoms with Crippen molar-refractivity contribution in [1.82, 2.24) is 14.5 Å². The summed E-state index contributed by atoms with van der Waals surface area (Å²) in [5.41, 5.74) is 0. The van der Waals surface area contributed by atoms with Crippen LogP contribution >= 0.6 is 12.2 Å². The van der Waals surface area contributed by atoms with Crippen molar-refractivity contribution in [2.24, 2.45) is 7.05 Å². The number of alkyl halides is 3. The van der Waals surface area contributed by atoms with E-state index in [2.05, 4.69) is 17.3 Å². The van der Waals surface area contributed by atoms with Gasteiger partial charge in [0, 0.05) is 7.05 Å². The Hall–Kier alpha value is -1.05. The predicted molar refractivity (Wildman–Crippen MR) is 37.2 cm³/mol. The second kappa shape index (κ2) is 2.47. The Morgan fingerprint density at radius 2 is 2.00 bits per heavy atom. The summed E-state index contributed by atoms with van der Waals surface area (Å²) in [5, 5.41) is 3.11. The van der Waals surface area contributed by atoms with Crippen molar-refractivity contribution in [3.05, 3.63) is 10.6 Å². The fourth-order valence-electron chi connectivity index (χ4n) is 0.673. The Bertz CT molecular complexity index is 348. The van der Waals surface area contributed by atoms with Crippen LogP contribution in [0.4, 0.5) is 13.2 Å². The smallest absolute Gasteiger partial charge is 0.335 e. The van der Waals surface area contributed by atoms with Crippen LogP contribution in [0.2, 0.25) is 0 Å². The second-order valence-electron chi connectivity index (χ2n) is 2.10. The molecule has 0 aromatic carbocycles. The van der Waals surface area contributed by atoms with Crippen molar-refractivity contribution in [2.45, 2.75) is 6.18 Å². The van der Waals surface area contributed by atoms with Crippen molar-refractivity contribution < 1.29 is 13.2 Å². The number of nitrogens with two attached hydrogens (primary N) is 1. The van der Waals surface area contributed by atoms with Gasteiger partial charge in [-0.2, -0.15) is 13.2 Å². The molecule has 0 spiro atoms. The molecular weight excluding hydrogens is 193 g/mol. The first kappa shape index (κ1) is 9.04. The molecule has 0 saturated carbocycles. The molecule has 0 atom stereocenters. The molecule has 0 aliphatic heterocycles. The molecule has 0 unspecified atom stereocenters. The number of nitrogens with zero attached hydrogens (tertiary/aromatic N) is 3. The molecule has 1 aromatic rings. The molecule has 8 heteroatoms. The summed E-state index contributed by atoms with van der Waals surface area (Å²) < 4.78 is 37.1. The highest BCUT2D eigenvalue weighted by atomic mass is 32.1. The third kappa shape index (κ3) is 1.29. The van der Waals surface area contributed by atoms with Crippen LogP contribution in [0.1, 0.15) is 5.82 Å². The minimum Gasteiger partial charge on any atom is -0.335 e. The van der Waals surface area contributed by atoms with Gasteiger partial charge < -0.3 is 5.84 Å².